The number of thioether (sulfide) groups is 1. The molecule has 162 valence electrons. The molecule has 0 aliphatic carbocycles. The lowest BCUT2D eigenvalue weighted by Crippen LogP contribution is -2.19. The van der Waals surface area contributed by atoms with Gasteiger partial charge in [0.2, 0.25) is 0 Å². The summed E-state index contributed by atoms with van der Waals surface area (Å²) in [4.78, 5) is 17.5. The maximum absolute atomic E-state index is 12.4. The molecule has 3 aromatic rings. The Hall–Kier alpha value is -2.49. The van der Waals surface area contributed by atoms with Crippen molar-refractivity contribution in [2.45, 2.75) is 6.61 Å². The van der Waals surface area contributed by atoms with Gasteiger partial charge < -0.3 is 14.8 Å². The predicted molar refractivity (Wildman–Crippen MR) is 139 cm³/mol. The molecule has 32 heavy (non-hydrogen) atoms. The molecule has 0 spiro atoms. The zero-order valence-corrected chi connectivity index (χ0v) is 20.7. The Bertz CT molecular complexity index is 1190. The van der Waals surface area contributed by atoms with E-state index in [2.05, 4.69) is 32.9 Å². The maximum Gasteiger partial charge on any atom is 0.264 e. The van der Waals surface area contributed by atoms with Gasteiger partial charge in [-0.05, 0) is 100 Å². The molecule has 4 rings (SSSR count). The summed E-state index contributed by atoms with van der Waals surface area (Å²) in [6.45, 7) is 0.455. The van der Waals surface area contributed by atoms with Crippen molar-refractivity contribution in [1.82, 2.24) is 5.32 Å². The molecule has 0 aromatic heterocycles. The van der Waals surface area contributed by atoms with Gasteiger partial charge in [-0.2, -0.15) is 0 Å². The highest BCUT2D eigenvalue weighted by atomic mass is 127. The first-order valence-electron chi connectivity index (χ1n) is 9.60. The Morgan fingerprint density at radius 3 is 2.53 bits per heavy atom. The van der Waals surface area contributed by atoms with Gasteiger partial charge in [-0.25, -0.2) is 4.99 Å². The number of aliphatic imine (C=N–C) groups is 1. The van der Waals surface area contributed by atoms with Gasteiger partial charge in [-0.15, -0.1) is 0 Å². The number of amides is 1. The summed E-state index contributed by atoms with van der Waals surface area (Å²) < 4.78 is 12.0. The molecule has 1 fully saturated rings. The van der Waals surface area contributed by atoms with E-state index in [0.717, 1.165) is 31.9 Å². The van der Waals surface area contributed by atoms with Crippen LogP contribution in [0.15, 0.2) is 76.6 Å². The van der Waals surface area contributed by atoms with Crippen LogP contribution < -0.4 is 14.8 Å². The van der Waals surface area contributed by atoms with Crippen LogP contribution in [-0.2, 0) is 11.4 Å². The van der Waals surface area contributed by atoms with E-state index < -0.39 is 0 Å². The van der Waals surface area contributed by atoms with Crippen LogP contribution in [0.3, 0.4) is 0 Å². The first-order chi connectivity index (χ1) is 15.5. The van der Waals surface area contributed by atoms with Crippen LogP contribution in [0.1, 0.15) is 11.1 Å². The van der Waals surface area contributed by atoms with Crippen LogP contribution in [0.2, 0.25) is 5.02 Å². The van der Waals surface area contributed by atoms with E-state index in [1.807, 2.05) is 72.8 Å². The number of methoxy groups -OCH3 is 1. The van der Waals surface area contributed by atoms with Crippen LogP contribution in [-0.4, -0.2) is 18.2 Å². The Kier molecular flexibility index (Phi) is 7.39. The molecule has 0 bridgehead atoms. The molecule has 1 aliphatic heterocycles. The van der Waals surface area contributed by atoms with Crippen molar-refractivity contribution in [2.24, 2.45) is 4.99 Å². The molecule has 0 atom stereocenters. The van der Waals surface area contributed by atoms with Gasteiger partial charge in [-0.1, -0.05) is 29.8 Å². The molecule has 0 radical (unpaired) electrons. The molecule has 3 aromatic carbocycles. The van der Waals surface area contributed by atoms with Crippen LogP contribution in [0.25, 0.3) is 6.08 Å². The van der Waals surface area contributed by atoms with Gasteiger partial charge in [0.05, 0.1) is 21.3 Å². The largest absolute Gasteiger partial charge is 0.497 e. The van der Waals surface area contributed by atoms with E-state index in [0.29, 0.717) is 21.7 Å². The number of rotatable bonds is 6. The average Bonchev–Trinajstić information content (AvgIpc) is 3.13. The Balaban J connectivity index is 1.43. The highest BCUT2D eigenvalue weighted by Crippen LogP contribution is 2.30. The smallest absolute Gasteiger partial charge is 0.264 e. The number of ether oxygens (including phenoxy) is 2. The zero-order valence-electron chi connectivity index (χ0n) is 17.0. The highest BCUT2D eigenvalue weighted by molar-refractivity contribution is 14.1. The van der Waals surface area contributed by atoms with Gasteiger partial charge in [0.1, 0.15) is 18.1 Å². The summed E-state index contributed by atoms with van der Waals surface area (Å²) in [5.41, 5.74) is 2.70. The Morgan fingerprint density at radius 1 is 1.09 bits per heavy atom. The molecule has 0 saturated carbocycles. The summed E-state index contributed by atoms with van der Waals surface area (Å²) in [7, 11) is 1.62. The molecule has 1 N–H and O–H groups in total. The molecule has 0 unspecified atom stereocenters. The third-order valence-corrected chi connectivity index (χ3v) is 6.52. The van der Waals surface area contributed by atoms with E-state index in [9.17, 15) is 4.79 Å². The molecular weight excluding hydrogens is 559 g/mol. The molecular formula is C24H18ClIN2O3S. The van der Waals surface area contributed by atoms with Crippen LogP contribution in [0.4, 0.5) is 5.69 Å². The summed E-state index contributed by atoms with van der Waals surface area (Å²) in [5.74, 6) is 1.38. The second-order valence-electron chi connectivity index (χ2n) is 6.78. The first-order valence-corrected chi connectivity index (χ1v) is 11.9. The zero-order chi connectivity index (χ0) is 22.5. The number of benzene rings is 3. The third kappa shape index (κ3) is 5.85. The lowest BCUT2D eigenvalue weighted by molar-refractivity contribution is -0.115. The quantitative estimate of drug-likeness (QED) is 0.272. The fourth-order valence-corrected chi connectivity index (χ4v) is 4.53. The summed E-state index contributed by atoms with van der Waals surface area (Å²) in [5, 5.41) is 4.05. The molecule has 5 nitrogen and oxygen atoms in total. The number of nitrogens with zero attached hydrogens (tertiary/aromatic N) is 1. The van der Waals surface area contributed by atoms with Gasteiger partial charge in [-0.3, -0.25) is 4.79 Å². The monoisotopic (exact) mass is 576 g/mol. The van der Waals surface area contributed by atoms with Crippen molar-refractivity contribution >= 4 is 68.8 Å². The van der Waals surface area contributed by atoms with Crippen molar-refractivity contribution in [3.63, 3.8) is 0 Å². The van der Waals surface area contributed by atoms with Crippen molar-refractivity contribution in [1.29, 1.82) is 0 Å². The van der Waals surface area contributed by atoms with Crippen LogP contribution in [0, 0.1) is 3.57 Å². The fraction of sp³-hybridized carbons (Fsp3) is 0.0833. The van der Waals surface area contributed by atoms with Crippen molar-refractivity contribution in [2.75, 3.05) is 7.11 Å². The third-order valence-electron chi connectivity index (χ3n) is 4.52. The molecule has 1 amide bonds. The number of carbonyl (C=O) groups excluding carboxylic acids is 1. The van der Waals surface area contributed by atoms with E-state index in [4.69, 9.17) is 21.1 Å². The summed E-state index contributed by atoms with van der Waals surface area (Å²) >= 11 is 9.47. The number of nitrogens with one attached hydrogen (secondary N) is 1. The lowest BCUT2D eigenvalue weighted by atomic mass is 10.2. The fourth-order valence-electron chi connectivity index (χ4n) is 2.87. The molecule has 1 aliphatic rings. The molecule has 1 heterocycles. The molecule has 1 saturated heterocycles. The number of halogens is 2. The average molecular weight is 577 g/mol. The van der Waals surface area contributed by atoms with Crippen molar-refractivity contribution < 1.29 is 14.3 Å². The second kappa shape index (κ2) is 10.4. The van der Waals surface area contributed by atoms with Crippen molar-refractivity contribution in [3.8, 4) is 11.5 Å². The van der Waals surface area contributed by atoms with Crippen molar-refractivity contribution in [3.05, 3.63) is 91.4 Å². The number of amidine groups is 1. The standard InChI is InChI=1S/C24H18ClIN2O3S/c1-30-19-9-7-18(8-10-19)27-24-28-23(29)22(32-24)13-16-4-11-21(20(26)12-16)31-14-15-2-5-17(25)6-3-15/h2-13H,14H2,1H3,(H,27,28,29)/b22-13+. The van der Waals surface area contributed by atoms with Crippen LogP contribution in [0.5, 0.6) is 11.5 Å². The topological polar surface area (TPSA) is 59.9 Å². The van der Waals surface area contributed by atoms with Gasteiger partial charge in [0, 0.05) is 5.02 Å². The lowest BCUT2D eigenvalue weighted by Gasteiger charge is -2.09. The first kappa shape index (κ1) is 22.7. The van der Waals surface area contributed by atoms with E-state index in [-0.39, 0.29) is 5.91 Å². The van der Waals surface area contributed by atoms with E-state index in [1.165, 1.54) is 11.8 Å². The summed E-state index contributed by atoms with van der Waals surface area (Å²) in [6, 6.07) is 20.7. The number of carbonyl (C=O) groups is 1. The Morgan fingerprint density at radius 2 is 1.84 bits per heavy atom. The predicted octanol–water partition coefficient (Wildman–Crippen LogP) is 6.42. The normalized spacial score (nSPS) is 15.8. The number of hydrogen-bond acceptors (Lipinski definition) is 5. The van der Waals surface area contributed by atoms with Crippen LogP contribution >= 0.6 is 46.0 Å². The van der Waals surface area contributed by atoms with Gasteiger partial charge in [0.25, 0.3) is 5.91 Å². The second-order valence-corrected chi connectivity index (χ2v) is 9.41. The number of hydrogen-bond donors (Lipinski definition) is 1. The minimum atomic E-state index is -0.166. The Labute approximate surface area is 209 Å². The SMILES string of the molecule is COc1ccc(N=C2NC(=O)/C(=C\c3ccc(OCc4ccc(Cl)cc4)c(I)c3)S2)cc1. The highest BCUT2D eigenvalue weighted by Gasteiger charge is 2.23. The van der Waals surface area contributed by atoms with Gasteiger partial charge >= 0.3 is 0 Å². The minimum absolute atomic E-state index is 0.166. The van der Waals surface area contributed by atoms with E-state index >= 15 is 0 Å². The molecule has 8 heteroatoms. The maximum atomic E-state index is 12.4. The summed E-state index contributed by atoms with van der Waals surface area (Å²) in [6.07, 6.45) is 1.85. The van der Waals surface area contributed by atoms with E-state index in [1.54, 1.807) is 7.11 Å². The van der Waals surface area contributed by atoms with Gasteiger partial charge in [0.15, 0.2) is 5.17 Å². The minimum Gasteiger partial charge on any atom is -0.497 e.